The average molecular weight is 353 g/mol. The highest BCUT2D eigenvalue weighted by atomic mass is 19.4. The molecule has 2 heterocycles. The van der Waals surface area contributed by atoms with Gasteiger partial charge in [-0.05, 0) is 35.5 Å². The monoisotopic (exact) mass is 353 g/mol. The number of fused-ring (bicyclic) bond motifs is 1. The molecule has 0 spiro atoms. The first-order chi connectivity index (χ1) is 11.8. The van der Waals surface area contributed by atoms with Gasteiger partial charge in [-0.15, -0.1) is 5.10 Å². The van der Waals surface area contributed by atoms with E-state index >= 15 is 0 Å². The molecule has 3 aromatic rings. The van der Waals surface area contributed by atoms with E-state index in [9.17, 15) is 18.0 Å². The van der Waals surface area contributed by atoms with E-state index in [2.05, 4.69) is 25.8 Å². The molecule has 0 unspecified atom stereocenters. The van der Waals surface area contributed by atoms with E-state index in [-0.39, 0.29) is 18.0 Å². The van der Waals surface area contributed by atoms with Crippen LogP contribution >= 0.6 is 0 Å². The Morgan fingerprint density at radius 1 is 1.36 bits per heavy atom. The molecule has 0 saturated heterocycles. The lowest BCUT2D eigenvalue weighted by Crippen LogP contribution is -2.31. The number of nitrogens with zero attached hydrogens (tertiary/aromatic N) is 6. The van der Waals surface area contributed by atoms with Crippen LogP contribution in [0.3, 0.4) is 0 Å². The van der Waals surface area contributed by atoms with Gasteiger partial charge in [-0.3, -0.25) is 4.79 Å². The maximum Gasteiger partial charge on any atom is 0.416 e. The minimum absolute atomic E-state index is 0.0673. The van der Waals surface area contributed by atoms with Crippen molar-refractivity contribution in [3.8, 4) is 0 Å². The quantitative estimate of drug-likeness (QED) is 0.767. The number of tetrazole rings is 1. The zero-order chi connectivity index (χ0) is 18.2. The summed E-state index contributed by atoms with van der Waals surface area (Å²) in [5.74, 6) is 0.0990. The second-order valence-electron chi connectivity index (χ2n) is 5.47. The highest BCUT2D eigenvalue weighted by Crippen LogP contribution is 2.31. The van der Waals surface area contributed by atoms with E-state index in [0.717, 1.165) is 12.1 Å². The average Bonchev–Trinajstić information content (AvgIpc) is 3.19. The number of aryl methyl sites for hydroxylation is 1. The molecule has 1 amide bonds. The Bertz CT molecular complexity index is 901. The number of amides is 1. The highest BCUT2D eigenvalue weighted by molar-refractivity contribution is 5.80. The van der Waals surface area contributed by atoms with Gasteiger partial charge in [0, 0.05) is 7.05 Å². The second-order valence-corrected chi connectivity index (χ2v) is 5.47. The van der Waals surface area contributed by atoms with Crippen molar-refractivity contribution in [2.24, 2.45) is 7.05 Å². The maximum absolute atomic E-state index is 12.8. The largest absolute Gasteiger partial charge is 0.416 e. The predicted molar refractivity (Wildman–Crippen MR) is 80.1 cm³/mol. The molecule has 0 saturated carbocycles. The summed E-state index contributed by atoms with van der Waals surface area (Å²) in [7, 11) is 1.68. The van der Waals surface area contributed by atoms with Crippen molar-refractivity contribution in [2.75, 3.05) is 0 Å². The highest BCUT2D eigenvalue weighted by Gasteiger charge is 2.31. The number of carbonyl (C=O) groups is 1. The number of carbonyl (C=O) groups excluding carboxylic acids is 1. The standard InChI is InChI=1S/C14H14F3N7O/c1-8(24-7-19-21-22-24)13(25)18-6-12-20-10-5-9(14(15,16)17)3-4-11(10)23(12)2/h3-5,7-8H,6H2,1-2H3,(H,18,25)/t8-/m0/s1. The molecule has 0 aliphatic carbocycles. The molecule has 132 valence electrons. The minimum Gasteiger partial charge on any atom is -0.347 e. The van der Waals surface area contributed by atoms with E-state index in [1.54, 1.807) is 18.5 Å². The van der Waals surface area contributed by atoms with Gasteiger partial charge in [-0.25, -0.2) is 9.67 Å². The summed E-state index contributed by atoms with van der Waals surface area (Å²) in [5, 5.41) is 13.2. The normalized spacial score (nSPS) is 13.2. The van der Waals surface area contributed by atoms with Crippen molar-refractivity contribution in [2.45, 2.75) is 25.7 Å². The smallest absolute Gasteiger partial charge is 0.347 e. The second kappa shape index (κ2) is 6.15. The molecule has 1 aromatic carbocycles. The number of nitrogens with one attached hydrogen (secondary N) is 1. The molecule has 11 heteroatoms. The van der Waals surface area contributed by atoms with Crippen molar-refractivity contribution >= 4 is 16.9 Å². The van der Waals surface area contributed by atoms with Gasteiger partial charge in [0.2, 0.25) is 5.91 Å². The number of halogens is 3. The number of benzene rings is 1. The van der Waals surface area contributed by atoms with Gasteiger partial charge in [-0.1, -0.05) is 0 Å². The Balaban J connectivity index is 1.77. The molecule has 1 N–H and O–H groups in total. The third-order valence-corrected chi connectivity index (χ3v) is 3.86. The summed E-state index contributed by atoms with van der Waals surface area (Å²) in [4.78, 5) is 16.3. The number of hydrogen-bond donors (Lipinski definition) is 1. The lowest BCUT2D eigenvalue weighted by molar-refractivity contribution is -0.137. The number of hydrogen-bond acceptors (Lipinski definition) is 5. The van der Waals surface area contributed by atoms with E-state index in [1.165, 1.54) is 17.1 Å². The fourth-order valence-corrected chi connectivity index (χ4v) is 2.36. The third-order valence-electron chi connectivity index (χ3n) is 3.86. The third kappa shape index (κ3) is 3.30. The molecule has 25 heavy (non-hydrogen) atoms. The van der Waals surface area contributed by atoms with Gasteiger partial charge in [0.25, 0.3) is 0 Å². The number of rotatable bonds is 4. The summed E-state index contributed by atoms with van der Waals surface area (Å²) < 4.78 is 41.3. The van der Waals surface area contributed by atoms with Crippen LogP contribution in [0, 0.1) is 0 Å². The van der Waals surface area contributed by atoms with Crippen molar-refractivity contribution in [3.63, 3.8) is 0 Å². The summed E-state index contributed by atoms with van der Waals surface area (Å²) >= 11 is 0. The predicted octanol–water partition coefficient (Wildman–Crippen LogP) is 1.46. The van der Waals surface area contributed by atoms with Gasteiger partial charge in [-0.2, -0.15) is 13.2 Å². The Labute approximate surface area is 139 Å². The van der Waals surface area contributed by atoms with Crippen LogP contribution in [-0.4, -0.2) is 35.7 Å². The topological polar surface area (TPSA) is 90.5 Å². The van der Waals surface area contributed by atoms with Crippen LogP contribution in [0.4, 0.5) is 13.2 Å². The summed E-state index contributed by atoms with van der Waals surface area (Å²) in [6.45, 7) is 1.69. The van der Waals surface area contributed by atoms with E-state index < -0.39 is 17.8 Å². The summed E-state index contributed by atoms with van der Waals surface area (Å²) in [5.41, 5.74) is 0.00172. The van der Waals surface area contributed by atoms with Crippen LogP contribution in [0.5, 0.6) is 0 Å². The lowest BCUT2D eigenvalue weighted by atomic mass is 10.2. The van der Waals surface area contributed by atoms with Crippen molar-refractivity contribution < 1.29 is 18.0 Å². The van der Waals surface area contributed by atoms with Crippen LogP contribution in [0.1, 0.15) is 24.4 Å². The minimum atomic E-state index is -4.43. The van der Waals surface area contributed by atoms with Crippen molar-refractivity contribution in [3.05, 3.63) is 35.9 Å². The Hall–Kier alpha value is -2.98. The first-order valence-corrected chi connectivity index (χ1v) is 7.30. The molecule has 0 fully saturated rings. The van der Waals surface area contributed by atoms with E-state index in [1.807, 2.05) is 0 Å². The number of aromatic nitrogens is 6. The fourth-order valence-electron chi connectivity index (χ4n) is 2.36. The maximum atomic E-state index is 12.8. The van der Waals surface area contributed by atoms with Crippen LogP contribution in [0.2, 0.25) is 0 Å². The first kappa shape index (κ1) is 16.9. The van der Waals surface area contributed by atoms with Gasteiger partial charge in [0.05, 0.1) is 23.1 Å². The molecule has 0 aliphatic heterocycles. The Morgan fingerprint density at radius 2 is 2.12 bits per heavy atom. The summed E-state index contributed by atoms with van der Waals surface area (Å²) in [6.07, 6.45) is -3.11. The number of imidazole rings is 1. The zero-order valence-electron chi connectivity index (χ0n) is 13.3. The van der Waals surface area contributed by atoms with Gasteiger partial charge < -0.3 is 9.88 Å². The summed E-state index contributed by atoms with van der Waals surface area (Å²) in [6, 6.07) is 2.73. The molecule has 0 bridgehead atoms. The van der Waals surface area contributed by atoms with Gasteiger partial charge >= 0.3 is 6.18 Å². The first-order valence-electron chi connectivity index (χ1n) is 7.30. The van der Waals surface area contributed by atoms with Crippen LogP contribution < -0.4 is 5.32 Å². The van der Waals surface area contributed by atoms with Gasteiger partial charge in [0.1, 0.15) is 18.2 Å². The Kier molecular flexibility index (Phi) is 4.15. The van der Waals surface area contributed by atoms with E-state index in [0.29, 0.717) is 11.3 Å². The molecular formula is C14H14F3N7O. The Morgan fingerprint density at radius 3 is 2.76 bits per heavy atom. The van der Waals surface area contributed by atoms with Crippen LogP contribution in [0.25, 0.3) is 11.0 Å². The molecule has 1 atom stereocenters. The molecule has 0 aliphatic rings. The molecule has 8 nitrogen and oxygen atoms in total. The molecule has 3 rings (SSSR count). The zero-order valence-corrected chi connectivity index (χ0v) is 13.3. The van der Waals surface area contributed by atoms with Gasteiger partial charge in [0.15, 0.2) is 0 Å². The number of alkyl halides is 3. The SMILES string of the molecule is C[C@@H](C(=O)NCc1nc2cc(C(F)(F)F)ccc2n1C)n1cnnn1. The fraction of sp³-hybridized carbons (Fsp3) is 0.357. The van der Waals surface area contributed by atoms with Crippen molar-refractivity contribution in [1.29, 1.82) is 0 Å². The molecular weight excluding hydrogens is 339 g/mol. The molecule has 0 radical (unpaired) electrons. The van der Waals surface area contributed by atoms with Crippen LogP contribution in [0.15, 0.2) is 24.5 Å². The van der Waals surface area contributed by atoms with E-state index in [4.69, 9.17) is 0 Å². The van der Waals surface area contributed by atoms with Crippen LogP contribution in [-0.2, 0) is 24.6 Å². The molecule has 2 aromatic heterocycles. The van der Waals surface area contributed by atoms with Crippen molar-refractivity contribution in [1.82, 2.24) is 35.1 Å². The lowest BCUT2D eigenvalue weighted by Gasteiger charge is -2.11.